The van der Waals surface area contributed by atoms with Crippen LogP contribution in [0.4, 0.5) is 5.69 Å². The average Bonchev–Trinajstić information content (AvgIpc) is 2.92. The van der Waals surface area contributed by atoms with E-state index in [1.165, 1.54) is 17.0 Å². The van der Waals surface area contributed by atoms with Crippen LogP contribution in [0.15, 0.2) is 60.2 Å². The van der Waals surface area contributed by atoms with Gasteiger partial charge in [0.2, 0.25) is 0 Å². The molecule has 0 aliphatic carbocycles. The van der Waals surface area contributed by atoms with Crippen molar-refractivity contribution >= 4 is 23.1 Å². The predicted octanol–water partition coefficient (Wildman–Crippen LogP) is 2.71. The number of hydrogen-bond acceptors (Lipinski definition) is 3. The molecule has 2 aromatic carbocycles. The van der Waals surface area contributed by atoms with Crippen LogP contribution in [-0.4, -0.2) is 23.5 Å². The van der Waals surface area contributed by atoms with Crippen molar-refractivity contribution in [3.05, 3.63) is 71.3 Å². The van der Waals surface area contributed by atoms with Gasteiger partial charge in [-0.05, 0) is 29.8 Å². The summed E-state index contributed by atoms with van der Waals surface area (Å²) in [7, 11) is 0. The van der Waals surface area contributed by atoms with Crippen molar-refractivity contribution in [2.75, 3.05) is 11.4 Å². The molecule has 1 amide bonds. The van der Waals surface area contributed by atoms with Gasteiger partial charge in [-0.3, -0.25) is 4.79 Å². The third-order valence-corrected chi connectivity index (χ3v) is 3.74. The topological polar surface area (TPSA) is 81.4 Å². The van der Waals surface area contributed by atoms with Gasteiger partial charge in [-0.15, -0.1) is 0 Å². The Morgan fingerprint density at radius 1 is 1.09 bits per heavy atom. The maximum atomic E-state index is 12.5. The van der Waals surface area contributed by atoms with E-state index in [9.17, 15) is 14.9 Å². The number of anilines is 1. The standard InChI is InChI=1S/C18H12N2O3/c19-10-15-16(12-4-2-1-3-5-12)11-20(17(15)21)14-8-6-13(7-9-14)18(22)23/h1-9H,11H2,(H,22,23). The Hall–Kier alpha value is -3.39. The van der Waals surface area contributed by atoms with Gasteiger partial charge in [-0.1, -0.05) is 30.3 Å². The molecule has 112 valence electrons. The molecule has 0 atom stereocenters. The van der Waals surface area contributed by atoms with Gasteiger partial charge in [-0.25, -0.2) is 4.79 Å². The van der Waals surface area contributed by atoms with E-state index < -0.39 is 5.97 Å². The number of aromatic carboxylic acids is 1. The molecule has 5 heteroatoms. The van der Waals surface area contributed by atoms with Gasteiger partial charge < -0.3 is 10.0 Å². The lowest BCUT2D eigenvalue weighted by Crippen LogP contribution is -2.26. The van der Waals surface area contributed by atoms with Crippen molar-refractivity contribution in [2.24, 2.45) is 0 Å². The lowest BCUT2D eigenvalue weighted by molar-refractivity contribution is -0.114. The van der Waals surface area contributed by atoms with Gasteiger partial charge in [0, 0.05) is 11.3 Å². The highest BCUT2D eigenvalue weighted by atomic mass is 16.4. The van der Waals surface area contributed by atoms with Crippen LogP contribution in [0.2, 0.25) is 0 Å². The highest BCUT2D eigenvalue weighted by molar-refractivity contribution is 6.18. The second-order valence-corrected chi connectivity index (χ2v) is 5.07. The first-order valence-electron chi connectivity index (χ1n) is 6.95. The fourth-order valence-electron chi connectivity index (χ4n) is 2.56. The maximum Gasteiger partial charge on any atom is 0.335 e. The van der Waals surface area contributed by atoms with Crippen molar-refractivity contribution < 1.29 is 14.7 Å². The lowest BCUT2D eigenvalue weighted by Gasteiger charge is -2.16. The monoisotopic (exact) mass is 304 g/mol. The Kier molecular flexibility index (Phi) is 3.65. The Labute approximate surface area is 132 Å². The number of carboxylic acid groups (broad SMARTS) is 1. The van der Waals surface area contributed by atoms with Gasteiger partial charge >= 0.3 is 5.97 Å². The summed E-state index contributed by atoms with van der Waals surface area (Å²) < 4.78 is 0. The molecule has 0 fully saturated rings. The van der Waals surface area contributed by atoms with E-state index in [0.29, 0.717) is 11.3 Å². The van der Waals surface area contributed by atoms with E-state index in [4.69, 9.17) is 5.11 Å². The van der Waals surface area contributed by atoms with Crippen molar-refractivity contribution in [1.82, 2.24) is 0 Å². The normalized spacial score (nSPS) is 14.0. The predicted molar refractivity (Wildman–Crippen MR) is 84.7 cm³/mol. The minimum Gasteiger partial charge on any atom is -0.478 e. The summed E-state index contributed by atoms with van der Waals surface area (Å²) >= 11 is 0. The Morgan fingerprint density at radius 3 is 2.30 bits per heavy atom. The van der Waals surface area contributed by atoms with Crippen LogP contribution in [0.5, 0.6) is 0 Å². The van der Waals surface area contributed by atoms with Crippen molar-refractivity contribution in [2.45, 2.75) is 0 Å². The second-order valence-electron chi connectivity index (χ2n) is 5.07. The first-order chi connectivity index (χ1) is 11.1. The van der Waals surface area contributed by atoms with Gasteiger partial charge in [-0.2, -0.15) is 5.26 Å². The molecule has 2 aromatic rings. The zero-order valence-corrected chi connectivity index (χ0v) is 12.1. The molecule has 5 nitrogen and oxygen atoms in total. The molecule has 1 aliphatic rings. The number of carbonyl (C=O) groups is 2. The third kappa shape index (κ3) is 2.58. The van der Waals surface area contributed by atoms with Crippen LogP contribution in [0.3, 0.4) is 0 Å². The summed E-state index contributed by atoms with van der Waals surface area (Å²) in [6, 6.07) is 17.3. The summed E-state index contributed by atoms with van der Waals surface area (Å²) in [5, 5.41) is 18.2. The molecular formula is C18H12N2O3. The number of rotatable bonds is 3. The molecule has 1 N–H and O–H groups in total. The molecule has 1 aliphatic heterocycles. The molecular weight excluding hydrogens is 292 g/mol. The summed E-state index contributed by atoms with van der Waals surface area (Å²) in [4.78, 5) is 24.8. The van der Waals surface area contributed by atoms with Crippen LogP contribution < -0.4 is 4.90 Å². The zero-order chi connectivity index (χ0) is 16.4. The Morgan fingerprint density at radius 2 is 1.74 bits per heavy atom. The second kappa shape index (κ2) is 5.78. The van der Waals surface area contributed by atoms with Crippen LogP contribution in [0.1, 0.15) is 15.9 Å². The largest absolute Gasteiger partial charge is 0.478 e. The summed E-state index contributed by atoms with van der Waals surface area (Å²) in [5.41, 5.74) is 2.36. The Bertz CT molecular complexity index is 846. The number of carboxylic acids is 1. The first-order valence-corrected chi connectivity index (χ1v) is 6.95. The zero-order valence-electron chi connectivity index (χ0n) is 12.1. The Balaban J connectivity index is 1.95. The van der Waals surface area contributed by atoms with Crippen LogP contribution in [-0.2, 0) is 4.79 Å². The van der Waals surface area contributed by atoms with E-state index in [1.807, 2.05) is 36.4 Å². The number of carbonyl (C=O) groups excluding carboxylic acids is 1. The van der Waals surface area contributed by atoms with Gasteiger partial charge in [0.25, 0.3) is 5.91 Å². The minimum absolute atomic E-state index is 0.124. The SMILES string of the molecule is N#CC1=C(c2ccccc2)CN(c2ccc(C(=O)O)cc2)C1=O. The van der Waals surface area contributed by atoms with Crippen molar-refractivity contribution in [1.29, 1.82) is 5.26 Å². The quantitative estimate of drug-likeness (QED) is 0.945. The highest BCUT2D eigenvalue weighted by Gasteiger charge is 2.32. The van der Waals surface area contributed by atoms with Crippen LogP contribution in [0, 0.1) is 11.3 Å². The van der Waals surface area contributed by atoms with E-state index in [0.717, 1.165) is 5.56 Å². The molecule has 23 heavy (non-hydrogen) atoms. The molecule has 0 bridgehead atoms. The number of hydrogen-bond donors (Lipinski definition) is 1. The maximum absolute atomic E-state index is 12.5. The molecule has 1 heterocycles. The van der Waals surface area contributed by atoms with Crippen LogP contribution >= 0.6 is 0 Å². The van der Waals surface area contributed by atoms with E-state index in [1.54, 1.807) is 12.1 Å². The summed E-state index contributed by atoms with van der Waals surface area (Å²) in [6.07, 6.45) is 0. The number of nitriles is 1. The molecule has 0 unspecified atom stereocenters. The van der Waals surface area contributed by atoms with Gasteiger partial charge in [0.15, 0.2) is 0 Å². The van der Waals surface area contributed by atoms with Crippen LogP contribution in [0.25, 0.3) is 5.57 Å². The molecule has 0 spiro atoms. The van der Waals surface area contributed by atoms with E-state index >= 15 is 0 Å². The number of benzene rings is 2. The first kappa shape index (κ1) is 14.5. The smallest absolute Gasteiger partial charge is 0.335 e. The number of nitrogens with zero attached hydrogens (tertiary/aromatic N) is 2. The van der Waals surface area contributed by atoms with Crippen molar-refractivity contribution in [3.8, 4) is 6.07 Å². The fraction of sp³-hybridized carbons (Fsp3) is 0.0556. The third-order valence-electron chi connectivity index (χ3n) is 3.74. The highest BCUT2D eigenvalue weighted by Crippen LogP contribution is 2.31. The average molecular weight is 304 g/mol. The van der Waals surface area contributed by atoms with Crippen molar-refractivity contribution in [3.63, 3.8) is 0 Å². The molecule has 0 aromatic heterocycles. The molecule has 3 rings (SSSR count). The lowest BCUT2D eigenvalue weighted by atomic mass is 10.0. The van der Waals surface area contributed by atoms with Gasteiger partial charge in [0.05, 0.1) is 12.1 Å². The molecule has 0 saturated heterocycles. The van der Waals surface area contributed by atoms with Gasteiger partial charge in [0.1, 0.15) is 11.6 Å². The molecule has 0 radical (unpaired) electrons. The van der Waals surface area contributed by atoms with E-state index in [-0.39, 0.29) is 23.6 Å². The van der Waals surface area contributed by atoms with E-state index in [2.05, 4.69) is 0 Å². The summed E-state index contributed by atoms with van der Waals surface area (Å²) in [5.74, 6) is -1.39. The summed E-state index contributed by atoms with van der Waals surface area (Å²) in [6.45, 7) is 0.290. The minimum atomic E-state index is -1.02. The fourth-order valence-corrected chi connectivity index (χ4v) is 2.56. The molecule has 0 saturated carbocycles. The number of amides is 1.